The van der Waals surface area contributed by atoms with Gasteiger partial charge in [0, 0.05) is 0 Å². The molecule has 0 unspecified atom stereocenters. The fraction of sp³-hybridized carbons (Fsp3) is 0.200. The molecule has 30 heavy (non-hydrogen) atoms. The van der Waals surface area contributed by atoms with Crippen LogP contribution < -0.4 is 9.96 Å². The van der Waals surface area contributed by atoms with Crippen molar-refractivity contribution in [1.29, 1.82) is 0 Å². The molecule has 0 aromatic heterocycles. The summed E-state index contributed by atoms with van der Waals surface area (Å²) >= 11 is 0. The highest BCUT2D eigenvalue weighted by molar-refractivity contribution is 6.24. The lowest BCUT2D eigenvalue weighted by Crippen LogP contribution is -2.37. The molecule has 3 aromatic carbocycles. The van der Waals surface area contributed by atoms with Gasteiger partial charge >= 0.3 is 0 Å². The maximum absolute atomic E-state index is 13.6. The summed E-state index contributed by atoms with van der Waals surface area (Å²) in [5, 5.41) is 1.74. The van der Waals surface area contributed by atoms with Gasteiger partial charge in [0.05, 0.1) is 17.4 Å². The molecule has 0 spiro atoms. The van der Waals surface area contributed by atoms with Gasteiger partial charge in [-0.15, -0.1) is 0 Å². The second-order valence-electron chi connectivity index (χ2n) is 7.87. The number of fused-ring (bicyclic) bond motifs is 1. The summed E-state index contributed by atoms with van der Waals surface area (Å²) in [5.41, 5.74) is 4.45. The van der Waals surface area contributed by atoms with Crippen LogP contribution in [0.3, 0.4) is 0 Å². The van der Waals surface area contributed by atoms with E-state index in [1.54, 1.807) is 11.1 Å². The minimum absolute atomic E-state index is 0.220. The zero-order chi connectivity index (χ0) is 20.8. The number of anilines is 2. The molecule has 2 heterocycles. The van der Waals surface area contributed by atoms with Crippen LogP contribution in [0.5, 0.6) is 0 Å². The fourth-order valence-corrected chi connectivity index (χ4v) is 4.47. The fourth-order valence-electron chi connectivity index (χ4n) is 4.47. The summed E-state index contributed by atoms with van der Waals surface area (Å²) in [5.74, 6) is -1.14. The van der Waals surface area contributed by atoms with Gasteiger partial charge in [-0.25, -0.2) is 9.96 Å². The van der Waals surface area contributed by atoms with E-state index in [2.05, 4.69) is 0 Å². The Morgan fingerprint density at radius 1 is 0.767 bits per heavy atom. The number of rotatable bonds is 3. The Morgan fingerprint density at radius 2 is 1.47 bits per heavy atom. The highest BCUT2D eigenvalue weighted by Gasteiger charge is 2.60. The number of hydrogen-bond acceptors (Lipinski definition) is 4. The summed E-state index contributed by atoms with van der Waals surface area (Å²) in [6.45, 7) is 3.96. The summed E-state index contributed by atoms with van der Waals surface area (Å²) in [7, 11) is 0. The number of hydrogen-bond donors (Lipinski definition) is 0. The molecule has 3 atom stereocenters. The zero-order valence-electron chi connectivity index (χ0n) is 16.9. The number of carbonyl (C=O) groups excluding carboxylic acids is 2. The molecule has 0 bridgehead atoms. The van der Waals surface area contributed by atoms with Crippen molar-refractivity contribution < 1.29 is 14.4 Å². The van der Waals surface area contributed by atoms with Crippen molar-refractivity contribution in [3.8, 4) is 0 Å². The van der Waals surface area contributed by atoms with Gasteiger partial charge in [0.2, 0.25) is 5.91 Å². The molecule has 3 aromatic rings. The average Bonchev–Trinajstić information content (AvgIpc) is 3.25. The molecule has 2 aliphatic rings. The van der Waals surface area contributed by atoms with Crippen molar-refractivity contribution in [2.75, 3.05) is 9.96 Å². The molecule has 0 aliphatic carbocycles. The van der Waals surface area contributed by atoms with Crippen LogP contribution in [0.25, 0.3) is 0 Å². The van der Waals surface area contributed by atoms with Gasteiger partial charge < -0.3 is 0 Å². The van der Waals surface area contributed by atoms with Gasteiger partial charge in [-0.1, -0.05) is 54.6 Å². The maximum Gasteiger partial charge on any atom is 0.266 e. The molecule has 2 fully saturated rings. The quantitative estimate of drug-likeness (QED) is 0.616. The van der Waals surface area contributed by atoms with E-state index in [9.17, 15) is 9.59 Å². The molecule has 0 saturated carbocycles. The third-order valence-corrected chi connectivity index (χ3v) is 5.89. The van der Waals surface area contributed by atoms with Gasteiger partial charge in [-0.05, 0) is 54.8 Å². The molecule has 5 heteroatoms. The molecule has 5 rings (SSSR count). The van der Waals surface area contributed by atoms with Gasteiger partial charge in [0.1, 0.15) is 5.92 Å². The SMILES string of the molecule is Cc1cccc(N2C(=O)[C@H]3[C@@H](ON(c4ccccc4)[C@H]3c3ccccc3C)C2=O)c1. The zero-order valence-corrected chi connectivity index (χ0v) is 16.9. The van der Waals surface area contributed by atoms with Crippen LogP contribution in [0.15, 0.2) is 78.9 Å². The smallest absolute Gasteiger partial charge is 0.266 e. The Bertz CT molecular complexity index is 1130. The first-order chi connectivity index (χ1) is 14.6. The number of benzene rings is 3. The maximum atomic E-state index is 13.6. The molecule has 150 valence electrons. The molecule has 5 nitrogen and oxygen atoms in total. The Kier molecular flexibility index (Phi) is 4.40. The van der Waals surface area contributed by atoms with Crippen molar-refractivity contribution in [3.05, 3.63) is 95.6 Å². The molecular formula is C25H22N2O3. The van der Waals surface area contributed by atoms with E-state index in [1.807, 2.05) is 86.6 Å². The Hall–Kier alpha value is -3.44. The first-order valence-electron chi connectivity index (χ1n) is 10.1. The van der Waals surface area contributed by atoms with E-state index in [1.165, 1.54) is 4.90 Å². The first-order valence-corrected chi connectivity index (χ1v) is 10.1. The molecule has 2 aliphatic heterocycles. The minimum atomic E-state index is -0.845. The predicted molar refractivity (Wildman–Crippen MR) is 115 cm³/mol. The second kappa shape index (κ2) is 7.11. The van der Waals surface area contributed by atoms with Gasteiger partial charge in [0.25, 0.3) is 5.91 Å². The summed E-state index contributed by atoms with van der Waals surface area (Å²) in [6.07, 6.45) is -0.845. The Balaban J connectivity index is 1.61. The number of nitrogens with zero attached hydrogens (tertiary/aromatic N) is 2. The van der Waals surface area contributed by atoms with E-state index >= 15 is 0 Å². The van der Waals surface area contributed by atoms with Gasteiger partial charge in [-0.2, -0.15) is 0 Å². The average molecular weight is 398 g/mol. The van der Waals surface area contributed by atoms with Crippen LogP contribution in [0.2, 0.25) is 0 Å². The standard InChI is InChI=1S/C25H22N2O3/c1-16-9-8-13-19(15-16)26-24(28)21-22(20-14-7-6-10-17(20)2)27(30-23(21)25(26)29)18-11-4-3-5-12-18/h3-15,21-23H,1-2H3/t21-,22+,23-/m1/s1. The van der Waals surface area contributed by atoms with E-state index in [0.717, 1.165) is 22.4 Å². The van der Waals surface area contributed by atoms with E-state index in [4.69, 9.17) is 4.84 Å². The van der Waals surface area contributed by atoms with Crippen LogP contribution in [0, 0.1) is 19.8 Å². The van der Waals surface area contributed by atoms with Crippen molar-refractivity contribution in [1.82, 2.24) is 0 Å². The molecule has 0 N–H and O–H groups in total. The third-order valence-electron chi connectivity index (χ3n) is 5.89. The molecule has 2 saturated heterocycles. The lowest BCUT2D eigenvalue weighted by molar-refractivity contribution is -0.126. The van der Waals surface area contributed by atoms with Crippen LogP contribution in [-0.2, 0) is 14.4 Å². The normalized spacial score (nSPS) is 23.2. The van der Waals surface area contributed by atoms with E-state index < -0.39 is 12.0 Å². The molecule has 0 radical (unpaired) electrons. The van der Waals surface area contributed by atoms with Crippen molar-refractivity contribution in [3.63, 3.8) is 0 Å². The lowest BCUT2D eigenvalue weighted by Gasteiger charge is -2.29. The first kappa shape index (κ1) is 18.6. The Morgan fingerprint density at radius 3 is 2.20 bits per heavy atom. The number of amides is 2. The second-order valence-corrected chi connectivity index (χ2v) is 7.87. The number of hydroxylamine groups is 1. The topological polar surface area (TPSA) is 49.9 Å². The highest BCUT2D eigenvalue weighted by atomic mass is 16.7. The lowest BCUT2D eigenvalue weighted by atomic mass is 9.88. The largest absolute Gasteiger partial charge is 0.273 e. The van der Waals surface area contributed by atoms with E-state index in [-0.39, 0.29) is 17.9 Å². The minimum Gasteiger partial charge on any atom is -0.273 e. The predicted octanol–water partition coefficient (Wildman–Crippen LogP) is 4.35. The number of para-hydroxylation sites is 1. The Labute approximate surface area is 175 Å². The van der Waals surface area contributed by atoms with Crippen molar-refractivity contribution >= 4 is 23.2 Å². The van der Waals surface area contributed by atoms with Crippen LogP contribution in [-0.4, -0.2) is 17.9 Å². The summed E-state index contributed by atoms with van der Waals surface area (Å²) < 4.78 is 0. The number of imide groups is 1. The van der Waals surface area contributed by atoms with E-state index in [0.29, 0.717) is 5.69 Å². The molecular weight excluding hydrogens is 376 g/mol. The van der Waals surface area contributed by atoms with Crippen LogP contribution >= 0.6 is 0 Å². The van der Waals surface area contributed by atoms with Gasteiger partial charge in [-0.3, -0.25) is 14.4 Å². The third kappa shape index (κ3) is 2.82. The van der Waals surface area contributed by atoms with Crippen LogP contribution in [0.4, 0.5) is 11.4 Å². The molecule has 2 amide bonds. The van der Waals surface area contributed by atoms with Gasteiger partial charge in [0.15, 0.2) is 6.10 Å². The highest BCUT2D eigenvalue weighted by Crippen LogP contribution is 2.48. The summed E-state index contributed by atoms with van der Waals surface area (Å²) in [6, 6.07) is 24.7. The van der Waals surface area contributed by atoms with Crippen molar-refractivity contribution in [2.24, 2.45) is 5.92 Å². The summed E-state index contributed by atoms with van der Waals surface area (Å²) in [4.78, 5) is 34.3. The number of aryl methyl sites for hydroxylation is 2. The van der Waals surface area contributed by atoms with Crippen LogP contribution in [0.1, 0.15) is 22.7 Å². The van der Waals surface area contributed by atoms with Crippen molar-refractivity contribution in [2.45, 2.75) is 26.0 Å². The number of carbonyl (C=O) groups is 2. The monoisotopic (exact) mass is 398 g/mol.